The van der Waals surface area contributed by atoms with E-state index in [-0.39, 0.29) is 10.5 Å². The van der Waals surface area contributed by atoms with Gasteiger partial charge in [-0.1, -0.05) is 12.1 Å². The zero-order valence-electron chi connectivity index (χ0n) is 15.1. The summed E-state index contributed by atoms with van der Waals surface area (Å²) in [5.41, 5.74) is 1.85. The molecule has 0 radical (unpaired) electrons. The molecule has 2 aromatic carbocycles. The lowest BCUT2D eigenvalue weighted by atomic mass is 10.2. The summed E-state index contributed by atoms with van der Waals surface area (Å²) < 4.78 is 33.2. The largest absolute Gasteiger partial charge is 0.497 e. The molecule has 7 nitrogen and oxygen atoms in total. The molecular formula is C19H19N3O4S. The van der Waals surface area contributed by atoms with Crippen molar-refractivity contribution in [1.82, 2.24) is 9.97 Å². The van der Waals surface area contributed by atoms with Gasteiger partial charge in [-0.3, -0.25) is 9.52 Å². The Morgan fingerprint density at radius 1 is 1.07 bits per heavy atom. The molecule has 140 valence electrons. The highest BCUT2D eigenvalue weighted by Crippen LogP contribution is 2.25. The molecule has 0 aliphatic heterocycles. The number of H-pyrrole nitrogens is 1. The number of methoxy groups -OCH3 is 1. The fourth-order valence-electron chi connectivity index (χ4n) is 2.71. The molecule has 0 amide bonds. The van der Waals surface area contributed by atoms with Crippen LogP contribution in [0.4, 0.5) is 5.69 Å². The number of nitrogens with one attached hydrogen (secondary N) is 2. The Balaban J connectivity index is 1.95. The molecule has 2 N–H and O–H groups in total. The average Bonchev–Trinajstić information content (AvgIpc) is 2.60. The third-order valence-electron chi connectivity index (χ3n) is 3.93. The van der Waals surface area contributed by atoms with Crippen LogP contribution in [0.3, 0.4) is 0 Å². The van der Waals surface area contributed by atoms with E-state index in [0.717, 1.165) is 0 Å². The second kappa shape index (κ2) is 7.24. The SMILES string of the molecule is COc1ccc(S(=O)(=O)Nc2cccc(-c3nc(C)cc(=O)[nH]3)c2)c(C)c1. The number of aryl methyl sites for hydroxylation is 2. The zero-order valence-corrected chi connectivity index (χ0v) is 15.9. The minimum atomic E-state index is -3.78. The summed E-state index contributed by atoms with van der Waals surface area (Å²) in [4.78, 5) is 18.8. The van der Waals surface area contributed by atoms with Crippen molar-refractivity contribution in [3.8, 4) is 17.1 Å². The fourth-order valence-corrected chi connectivity index (χ4v) is 3.98. The van der Waals surface area contributed by atoms with Crippen LogP contribution in [0.1, 0.15) is 11.3 Å². The maximum absolute atomic E-state index is 12.8. The topological polar surface area (TPSA) is 101 Å². The van der Waals surface area contributed by atoms with Crippen molar-refractivity contribution in [2.75, 3.05) is 11.8 Å². The van der Waals surface area contributed by atoms with Gasteiger partial charge >= 0.3 is 0 Å². The number of rotatable bonds is 5. The lowest BCUT2D eigenvalue weighted by molar-refractivity contribution is 0.414. The van der Waals surface area contributed by atoms with Crippen LogP contribution >= 0.6 is 0 Å². The van der Waals surface area contributed by atoms with Gasteiger partial charge in [-0.25, -0.2) is 13.4 Å². The van der Waals surface area contributed by atoms with Gasteiger partial charge in [0.25, 0.3) is 15.6 Å². The molecule has 0 fully saturated rings. The molecule has 1 heterocycles. The van der Waals surface area contributed by atoms with E-state index in [4.69, 9.17) is 4.74 Å². The molecule has 0 saturated heterocycles. The van der Waals surface area contributed by atoms with Gasteiger partial charge in [-0.15, -0.1) is 0 Å². The highest BCUT2D eigenvalue weighted by molar-refractivity contribution is 7.92. The summed E-state index contributed by atoms with van der Waals surface area (Å²) in [6, 6.07) is 12.8. The number of anilines is 1. The number of sulfonamides is 1. The van der Waals surface area contributed by atoms with E-state index in [0.29, 0.717) is 34.1 Å². The number of aromatic nitrogens is 2. The lowest BCUT2D eigenvalue weighted by Gasteiger charge is -2.12. The van der Waals surface area contributed by atoms with Gasteiger partial charge in [0.05, 0.1) is 12.0 Å². The third-order valence-corrected chi connectivity index (χ3v) is 5.47. The quantitative estimate of drug-likeness (QED) is 0.703. The molecule has 1 aromatic heterocycles. The molecule has 3 aromatic rings. The van der Waals surface area contributed by atoms with Gasteiger partial charge in [0.15, 0.2) is 0 Å². The summed E-state index contributed by atoms with van der Waals surface area (Å²) in [7, 11) is -2.26. The molecule has 0 unspecified atom stereocenters. The second-order valence-electron chi connectivity index (χ2n) is 6.05. The highest BCUT2D eigenvalue weighted by Gasteiger charge is 2.18. The standard InChI is InChI=1S/C19H19N3O4S/c1-12-9-16(26-3)7-8-17(12)27(24,25)22-15-6-4-5-14(11-15)19-20-13(2)10-18(23)21-19/h4-11,22H,1-3H3,(H,20,21,23). The van der Waals surface area contributed by atoms with E-state index in [9.17, 15) is 13.2 Å². The van der Waals surface area contributed by atoms with Gasteiger partial charge in [0.2, 0.25) is 0 Å². The van der Waals surface area contributed by atoms with E-state index in [1.807, 2.05) is 0 Å². The normalized spacial score (nSPS) is 11.2. The highest BCUT2D eigenvalue weighted by atomic mass is 32.2. The Hall–Kier alpha value is -3.13. The molecule has 27 heavy (non-hydrogen) atoms. The van der Waals surface area contributed by atoms with E-state index >= 15 is 0 Å². The van der Waals surface area contributed by atoms with E-state index in [1.165, 1.54) is 19.2 Å². The van der Waals surface area contributed by atoms with Crippen LogP contribution in [-0.4, -0.2) is 25.5 Å². The average molecular weight is 385 g/mol. The van der Waals surface area contributed by atoms with Crippen LogP contribution < -0.4 is 15.0 Å². The van der Waals surface area contributed by atoms with Gasteiger partial charge in [-0.05, 0) is 49.7 Å². The van der Waals surface area contributed by atoms with Crippen LogP contribution in [0.25, 0.3) is 11.4 Å². The van der Waals surface area contributed by atoms with Crippen molar-refractivity contribution in [1.29, 1.82) is 0 Å². The monoisotopic (exact) mass is 385 g/mol. The number of ether oxygens (including phenoxy) is 1. The Labute approximate surface area is 157 Å². The molecule has 3 rings (SSSR count). The Morgan fingerprint density at radius 2 is 1.85 bits per heavy atom. The van der Waals surface area contributed by atoms with Gasteiger partial charge in [-0.2, -0.15) is 0 Å². The number of hydrogen-bond acceptors (Lipinski definition) is 5. The van der Waals surface area contributed by atoms with E-state index < -0.39 is 10.0 Å². The molecule has 0 saturated carbocycles. The van der Waals surface area contributed by atoms with E-state index in [2.05, 4.69) is 14.7 Å². The van der Waals surface area contributed by atoms with E-state index in [1.54, 1.807) is 50.2 Å². The molecule has 0 atom stereocenters. The predicted octanol–water partition coefficient (Wildman–Crippen LogP) is 2.86. The first-order valence-electron chi connectivity index (χ1n) is 8.14. The van der Waals surface area contributed by atoms with Crippen molar-refractivity contribution in [2.24, 2.45) is 0 Å². The maximum atomic E-state index is 12.8. The number of benzene rings is 2. The van der Waals surface area contributed by atoms with Crippen LogP contribution in [0.5, 0.6) is 5.75 Å². The Morgan fingerprint density at radius 3 is 2.52 bits per heavy atom. The van der Waals surface area contributed by atoms with Crippen LogP contribution in [-0.2, 0) is 10.0 Å². The lowest BCUT2D eigenvalue weighted by Crippen LogP contribution is -2.14. The van der Waals surface area contributed by atoms with Crippen LogP contribution in [0.15, 0.2) is 58.2 Å². The fraction of sp³-hybridized carbons (Fsp3) is 0.158. The van der Waals surface area contributed by atoms with Crippen LogP contribution in [0.2, 0.25) is 0 Å². The predicted molar refractivity (Wildman–Crippen MR) is 104 cm³/mol. The third kappa shape index (κ3) is 4.17. The van der Waals surface area contributed by atoms with Crippen molar-refractivity contribution in [3.05, 3.63) is 70.1 Å². The minimum Gasteiger partial charge on any atom is -0.497 e. The first kappa shape index (κ1) is 18.7. The first-order chi connectivity index (χ1) is 12.8. The summed E-state index contributed by atoms with van der Waals surface area (Å²) in [5, 5.41) is 0. The van der Waals surface area contributed by atoms with Gasteiger partial charge in [0.1, 0.15) is 11.6 Å². The smallest absolute Gasteiger partial charge is 0.262 e. The molecular weight excluding hydrogens is 366 g/mol. The molecule has 0 bridgehead atoms. The first-order valence-corrected chi connectivity index (χ1v) is 9.63. The molecule has 8 heteroatoms. The van der Waals surface area contributed by atoms with Crippen molar-refractivity contribution >= 4 is 15.7 Å². The van der Waals surface area contributed by atoms with Gasteiger partial charge < -0.3 is 9.72 Å². The number of nitrogens with zero attached hydrogens (tertiary/aromatic N) is 1. The molecule has 0 aliphatic rings. The maximum Gasteiger partial charge on any atom is 0.262 e. The second-order valence-corrected chi connectivity index (χ2v) is 7.70. The zero-order chi connectivity index (χ0) is 19.6. The molecule has 0 aliphatic carbocycles. The van der Waals surface area contributed by atoms with Crippen LogP contribution in [0, 0.1) is 13.8 Å². The summed E-state index contributed by atoms with van der Waals surface area (Å²) in [5.74, 6) is 0.963. The summed E-state index contributed by atoms with van der Waals surface area (Å²) in [6.45, 7) is 3.42. The number of aromatic amines is 1. The van der Waals surface area contributed by atoms with Gasteiger partial charge in [0, 0.05) is 23.0 Å². The summed E-state index contributed by atoms with van der Waals surface area (Å²) in [6.07, 6.45) is 0. The van der Waals surface area contributed by atoms with Crippen molar-refractivity contribution < 1.29 is 13.2 Å². The van der Waals surface area contributed by atoms with Crippen molar-refractivity contribution in [3.63, 3.8) is 0 Å². The Kier molecular flexibility index (Phi) is 5.00. The Bertz CT molecular complexity index is 1150. The van der Waals surface area contributed by atoms with Crippen molar-refractivity contribution in [2.45, 2.75) is 18.7 Å². The molecule has 0 spiro atoms. The number of hydrogen-bond donors (Lipinski definition) is 2. The minimum absolute atomic E-state index is 0.163. The summed E-state index contributed by atoms with van der Waals surface area (Å²) >= 11 is 0.